The highest BCUT2D eigenvalue weighted by Gasteiger charge is 2.27. The van der Waals surface area contributed by atoms with E-state index in [9.17, 15) is 0 Å². The Hall–Kier alpha value is -0.540. The number of rotatable bonds is 2. The van der Waals surface area contributed by atoms with Crippen molar-refractivity contribution in [2.75, 3.05) is 13.7 Å². The Morgan fingerprint density at radius 1 is 1.58 bits per heavy atom. The van der Waals surface area contributed by atoms with Crippen molar-refractivity contribution in [3.8, 4) is 5.75 Å². The van der Waals surface area contributed by atoms with E-state index < -0.39 is 0 Å². The molecule has 0 saturated carbocycles. The van der Waals surface area contributed by atoms with Crippen LogP contribution < -0.4 is 4.74 Å². The van der Waals surface area contributed by atoms with Crippen molar-refractivity contribution in [1.82, 2.24) is 0 Å². The summed E-state index contributed by atoms with van der Waals surface area (Å²) >= 11 is 3.48. The van der Waals surface area contributed by atoms with Gasteiger partial charge in [0.1, 0.15) is 11.9 Å². The summed E-state index contributed by atoms with van der Waals surface area (Å²) < 4.78 is 11.4. The van der Waals surface area contributed by atoms with E-state index in [4.69, 9.17) is 9.47 Å². The van der Waals surface area contributed by atoms with Crippen LogP contribution in [0.25, 0.3) is 0 Å². The fourth-order valence-corrected chi connectivity index (χ4v) is 1.84. The van der Waals surface area contributed by atoms with Gasteiger partial charge in [-0.3, -0.25) is 0 Å². The summed E-state index contributed by atoms with van der Waals surface area (Å²) in [7, 11) is 1.66. The van der Waals surface area contributed by atoms with Crippen LogP contribution in [0.4, 0.5) is 0 Å². The zero-order valence-corrected chi connectivity index (χ0v) is 8.30. The van der Waals surface area contributed by atoms with E-state index in [1.54, 1.807) is 7.11 Å². The first-order valence-corrected chi connectivity index (χ1v) is 4.56. The molecule has 0 spiro atoms. The minimum atomic E-state index is 0.273. The van der Waals surface area contributed by atoms with Gasteiger partial charge in [-0.05, 0) is 22.0 Å². The first-order chi connectivity index (χ1) is 5.83. The molecule has 2 nitrogen and oxygen atoms in total. The van der Waals surface area contributed by atoms with Crippen molar-refractivity contribution >= 4 is 15.9 Å². The summed E-state index contributed by atoms with van der Waals surface area (Å²) in [6.07, 6.45) is 0.273. The Labute approximate surface area is 79.6 Å². The number of ether oxygens (including phenoxy) is 2. The summed E-state index contributed by atoms with van der Waals surface area (Å²) in [6.45, 7) is 0.825. The zero-order chi connectivity index (χ0) is 8.55. The number of epoxide rings is 1. The summed E-state index contributed by atoms with van der Waals surface area (Å²) in [4.78, 5) is 0. The first kappa shape index (κ1) is 8.08. The molecule has 1 aromatic rings. The van der Waals surface area contributed by atoms with E-state index in [-0.39, 0.29) is 6.10 Å². The molecular weight excluding hydrogens is 220 g/mol. The Balaban J connectivity index is 2.40. The monoisotopic (exact) mass is 228 g/mol. The lowest BCUT2D eigenvalue weighted by Crippen LogP contribution is -1.88. The number of benzene rings is 1. The predicted molar refractivity (Wildman–Crippen MR) is 49.4 cm³/mol. The molecule has 0 unspecified atom stereocenters. The topological polar surface area (TPSA) is 21.8 Å². The highest BCUT2D eigenvalue weighted by molar-refractivity contribution is 9.10. The molecule has 0 aromatic heterocycles. The van der Waals surface area contributed by atoms with Crippen molar-refractivity contribution < 1.29 is 9.47 Å². The predicted octanol–water partition coefficient (Wildman–Crippen LogP) is 2.53. The maximum atomic E-state index is 5.19. The molecule has 2 rings (SSSR count). The van der Waals surface area contributed by atoms with Gasteiger partial charge in [0.05, 0.1) is 18.2 Å². The molecule has 12 heavy (non-hydrogen) atoms. The van der Waals surface area contributed by atoms with Crippen molar-refractivity contribution in [2.24, 2.45) is 0 Å². The number of methoxy groups -OCH3 is 1. The third-order valence-corrected chi connectivity index (χ3v) is 2.74. The Morgan fingerprint density at radius 3 is 2.92 bits per heavy atom. The molecule has 0 aliphatic carbocycles. The number of hydrogen-bond acceptors (Lipinski definition) is 2. The van der Waals surface area contributed by atoms with Gasteiger partial charge < -0.3 is 9.47 Å². The lowest BCUT2D eigenvalue weighted by atomic mass is 10.1. The molecule has 1 aromatic carbocycles. The van der Waals surface area contributed by atoms with E-state index in [0.29, 0.717) is 0 Å². The Morgan fingerprint density at radius 2 is 2.33 bits per heavy atom. The maximum Gasteiger partial charge on any atom is 0.133 e. The van der Waals surface area contributed by atoms with E-state index in [1.165, 1.54) is 5.56 Å². The van der Waals surface area contributed by atoms with Crippen LogP contribution >= 0.6 is 15.9 Å². The average molecular weight is 229 g/mol. The lowest BCUT2D eigenvalue weighted by molar-refractivity contribution is 0.401. The SMILES string of the molecule is COc1cccc([C@H]2CO2)c1Br. The van der Waals surface area contributed by atoms with Gasteiger partial charge in [0, 0.05) is 5.56 Å². The molecule has 1 fully saturated rings. The van der Waals surface area contributed by atoms with Crippen molar-refractivity contribution in [3.63, 3.8) is 0 Å². The van der Waals surface area contributed by atoms with Crippen LogP contribution in [0.2, 0.25) is 0 Å². The second kappa shape index (κ2) is 3.07. The van der Waals surface area contributed by atoms with Crippen LogP contribution in [-0.2, 0) is 4.74 Å². The normalized spacial score (nSPS) is 20.7. The van der Waals surface area contributed by atoms with E-state index in [0.717, 1.165) is 16.8 Å². The second-order valence-corrected chi connectivity index (χ2v) is 3.48. The molecule has 1 atom stereocenters. The fourth-order valence-electron chi connectivity index (χ4n) is 1.16. The van der Waals surface area contributed by atoms with Crippen molar-refractivity contribution in [2.45, 2.75) is 6.10 Å². The summed E-state index contributed by atoms with van der Waals surface area (Å²) in [6, 6.07) is 5.95. The largest absolute Gasteiger partial charge is 0.496 e. The van der Waals surface area contributed by atoms with Gasteiger partial charge in [-0.25, -0.2) is 0 Å². The third-order valence-electron chi connectivity index (χ3n) is 1.89. The van der Waals surface area contributed by atoms with Crippen LogP contribution in [0.5, 0.6) is 5.75 Å². The second-order valence-electron chi connectivity index (χ2n) is 2.69. The van der Waals surface area contributed by atoms with Gasteiger partial charge in [0.2, 0.25) is 0 Å². The van der Waals surface area contributed by atoms with Crippen LogP contribution in [0.1, 0.15) is 11.7 Å². The fraction of sp³-hybridized carbons (Fsp3) is 0.333. The van der Waals surface area contributed by atoms with E-state index >= 15 is 0 Å². The molecule has 3 heteroatoms. The molecule has 0 bridgehead atoms. The van der Waals surface area contributed by atoms with Crippen LogP contribution in [0.15, 0.2) is 22.7 Å². The van der Waals surface area contributed by atoms with Gasteiger partial charge in [0.15, 0.2) is 0 Å². The van der Waals surface area contributed by atoms with Crippen LogP contribution in [-0.4, -0.2) is 13.7 Å². The first-order valence-electron chi connectivity index (χ1n) is 3.77. The number of hydrogen-bond donors (Lipinski definition) is 0. The molecule has 1 aliphatic rings. The summed E-state index contributed by atoms with van der Waals surface area (Å²) in [5.74, 6) is 0.864. The van der Waals surface area contributed by atoms with Crippen LogP contribution in [0, 0.1) is 0 Å². The molecule has 1 aliphatic heterocycles. The Kier molecular flexibility index (Phi) is 2.07. The quantitative estimate of drug-likeness (QED) is 0.727. The number of halogens is 1. The lowest BCUT2D eigenvalue weighted by Gasteiger charge is -2.05. The van der Waals surface area contributed by atoms with E-state index in [2.05, 4.69) is 15.9 Å². The molecule has 1 saturated heterocycles. The standard InChI is InChI=1S/C9H9BrO2/c1-11-7-4-2-3-6(9(7)10)8-5-12-8/h2-4,8H,5H2,1H3/t8-/m1/s1. The highest BCUT2D eigenvalue weighted by Crippen LogP contribution is 2.39. The summed E-state index contributed by atoms with van der Waals surface area (Å²) in [5.41, 5.74) is 1.18. The molecule has 0 amide bonds. The highest BCUT2D eigenvalue weighted by atomic mass is 79.9. The third kappa shape index (κ3) is 1.34. The van der Waals surface area contributed by atoms with Gasteiger partial charge in [-0.1, -0.05) is 12.1 Å². The summed E-state index contributed by atoms with van der Waals surface area (Å²) in [5, 5.41) is 0. The molecule has 1 heterocycles. The molecular formula is C9H9BrO2. The molecule has 0 N–H and O–H groups in total. The van der Waals surface area contributed by atoms with E-state index in [1.807, 2.05) is 18.2 Å². The minimum absolute atomic E-state index is 0.273. The van der Waals surface area contributed by atoms with Crippen molar-refractivity contribution in [3.05, 3.63) is 28.2 Å². The maximum absolute atomic E-state index is 5.19. The van der Waals surface area contributed by atoms with Gasteiger partial charge in [-0.15, -0.1) is 0 Å². The average Bonchev–Trinajstić information content (AvgIpc) is 2.88. The van der Waals surface area contributed by atoms with Gasteiger partial charge in [0.25, 0.3) is 0 Å². The Bertz CT molecular complexity index is 295. The minimum Gasteiger partial charge on any atom is -0.496 e. The van der Waals surface area contributed by atoms with Crippen molar-refractivity contribution in [1.29, 1.82) is 0 Å². The van der Waals surface area contributed by atoms with Gasteiger partial charge in [-0.2, -0.15) is 0 Å². The van der Waals surface area contributed by atoms with Crippen LogP contribution in [0.3, 0.4) is 0 Å². The van der Waals surface area contributed by atoms with Gasteiger partial charge >= 0.3 is 0 Å². The smallest absolute Gasteiger partial charge is 0.133 e. The molecule has 0 radical (unpaired) electrons. The molecule has 64 valence electrons. The zero-order valence-electron chi connectivity index (χ0n) is 6.71.